The molecule has 8 heteroatoms. The van der Waals surface area contributed by atoms with E-state index in [1.165, 1.54) is 11.3 Å². The molecule has 0 atom stereocenters. The van der Waals surface area contributed by atoms with Crippen LogP contribution in [0.4, 0.5) is 5.13 Å². The fourth-order valence-electron chi connectivity index (χ4n) is 2.41. The molecule has 0 radical (unpaired) electrons. The van der Waals surface area contributed by atoms with Crippen LogP contribution in [0, 0.1) is 13.8 Å². The minimum absolute atomic E-state index is 0.245. The number of amides is 1. The molecule has 0 saturated carbocycles. The van der Waals surface area contributed by atoms with Crippen LogP contribution in [-0.2, 0) is 6.42 Å². The first-order valence-electron chi connectivity index (χ1n) is 8.20. The van der Waals surface area contributed by atoms with Crippen LogP contribution in [0.2, 0.25) is 0 Å². The van der Waals surface area contributed by atoms with Gasteiger partial charge in [-0.3, -0.25) is 10.1 Å². The molecule has 3 aromatic rings. The van der Waals surface area contributed by atoms with Crippen molar-refractivity contribution in [3.05, 3.63) is 46.4 Å². The van der Waals surface area contributed by atoms with E-state index in [1.807, 2.05) is 19.9 Å². The molecule has 0 aromatic carbocycles. The Hall–Kier alpha value is -2.61. The summed E-state index contributed by atoms with van der Waals surface area (Å²) in [6.07, 6.45) is 4.61. The van der Waals surface area contributed by atoms with E-state index < -0.39 is 0 Å². The summed E-state index contributed by atoms with van der Waals surface area (Å²) in [7, 11) is 0. The third kappa shape index (κ3) is 4.08. The van der Waals surface area contributed by atoms with Crippen molar-refractivity contribution in [1.29, 1.82) is 0 Å². The average molecular weight is 356 g/mol. The number of nitrogens with one attached hydrogen (secondary N) is 1. The summed E-state index contributed by atoms with van der Waals surface area (Å²) >= 11 is 1.41. The quantitative estimate of drug-likeness (QED) is 0.732. The second-order valence-corrected chi connectivity index (χ2v) is 6.86. The number of hydrogen-bond acceptors (Lipinski definition) is 6. The van der Waals surface area contributed by atoms with Gasteiger partial charge in [-0.1, -0.05) is 24.7 Å². The molecule has 1 N–H and O–H groups in total. The Morgan fingerprint density at radius 2 is 2.12 bits per heavy atom. The molecule has 3 rings (SSSR count). The predicted molar refractivity (Wildman–Crippen MR) is 97.3 cm³/mol. The van der Waals surface area contributed by atoms with Crippen LogP contribution in [-0.4, -0.2) is 30.9 Å². The number of hydrogen-bond donors (Lipinski definition) is 1. The number of nitrogens with zero attached hydrogens (tertiary/aromatic N) is 5. The highest BCUT2D eigenvalue weighted by Crippen LogP contribution is 2.18. The summed E-state index contributed by atoms with van der Waals surface area (Å²) in [5.74, 6) is 0.436. The maximum absolute atomic E-state index is 12.3. The van der Waals surface area contributed by atoms with E-state index in [-0.39, 0.29) is 5.91 Å². The Morgan fingerprint density at radius 3 is 2.76 bits per heavy atom. The third-order valence-corrected chi connectivity index (χ3v) is 4.57. The van der Waals surface area contributed by atoms with E-state index in [1.54, 1.807) is 23.0 Å². The van der Waals surface area contributed by atoms with Gasteiger partial charge < -0.3 is 0 Å². The van der Waals surface area contributed by atoms with Gasteiger partial charge in [0.1, 0.15) is 5.01 Å². The molecule has 0 unspecified atom stereocenters. The van der Waals surface area contributed by atoms with Crippen LogP contribution >= 0.6 is 11.3 Å². The molecule has 0 fully saturated rings. The van der Waals surface area contributed by atoms with Crippen LogP contribution < -0.4 is 5.32 Å². The summed E-state index contributed by atoms with van der Waals surface area (Å²) in [6.45, 7) is 6.03. The fourth-order valence-corrected chi connectivity index (χ4v) is 3.19. The number of carbonyl (C=O) groups excluding carboxylic acids is 1. The first kappa shape index (κ1) is 17.2. The van der Waals surface area contributed by atoms with E-state index in [4.69, 9.17) is 0 Å². The second kappa shape index (κ2) is 7.52. The summed E-state index contributed by atoms with van der Waals surface area (Å²) < 4.78 is 1.75. The highest BCUT2D eigenvalue weighted by atomic mass is 32.1. The second-order valence-electron chi connectivity index (χ2n) is 5.80. The monoisotopic (exact) mass is 356 g/mol. The van der Waals surface area contributed by atoms with Gasteiger partial charge in [0, 0.05) is 18.3 Å². The van der Waals surface area contributed by atoms with Crippen molar-refractivity contribution in [3.63, 3.8) is 0 Å². The molecular weight excluding hydrogens is 336 g/mol. The van der Waals surface area contributed by atoms with Gasteiger partial charge in [-0.15, -0.1) is 10.2 Å². The lowest BCUT2D eigenvalue weighted by Crippen LogP contribution is -2.12. The van der Waals surface area contributed by atoms with E-state index in [0.29, 0.717) is 16.5 Å². The molecule has 0 spiro atoms. The predicted octanol–water partition coefficient (Wildman–Crippen LogP) is 3.33. The summed E-state index contributed by atoms with van der Waals surface area (Å²) in [5.41, 5.74) is 2.39. The molecule has 7 nitrogen and oxygen atoms in total. The minimum atomic E-state index is -0.245. The highest BCUT2D eigenvalue weighted by Gasteiger charge is 2.12. The van der Waals surface area contributed by atoms with Gasteiger partial charge in [0.2, 0.25) is 5.13 Å². The van der Waals surface area contributed by atoms with Crippen molar-refractivity contribution >= 4 is 22.4 Å². The first-order valence-corrected chi connectivity index (χ1v) is 9.02. The molecular formula is C17H20N6OS. The summed E-state index contributed by atoms with van der Waals surface area (Å²) in [6, 6.07) is 5.49. The van der Waals surface area contributed by atoms with Crippen molar-refractivity contribution in [2.45, 2.75) is 40.0 Å². The molecule has 0 bridgehead atoms. The molecule has 0 aliphatic rings. The number of unbranched alkanes of at least 4 members (excludes halogenated alkanes) is 1. The maximum Gasteiger partial charge on any atom is 0.259 e. The van der Waals surface area contributed by atoms with Crippen LogP contribution in [0.3, 0.4) is 0 Å². The SMILES string of the molecule is CCCCc1nnc(NC(=O)c2ccc(-n3nc(C)cc3C)nc2)s1. The van der Waals surface area contributed by atoms with Crippen molar-refractivity contribution in [3.8, 4) is 5.82 Å². The Morgan fingerprint density at radius 1 is 1.28 bits per heavy atom. The lowest BCUT2D eigenvalue weighted by molar-refractivity contribution is 0.102. The number of rotatable bonds is 6. The molecule has 3 heterocycles. The Balaban J connectivity index is 1.68. The van der Waals surface area contributed by atoms with Crippen molar-refractivity contribution in [2.75, 3.05) is 5.32 Å². The Kier molecular flexibility index (Phi) is 5.18. The normalized spacial score (nSPS) is 10.8. The Bertz CT molecular complexity index is 868. The van der Waals surface area contributed by atoms with Gasteiger partial charge in [-0.2, -0.15) is 5.10 Å². The average Bonchev–Trinajstić information content (AvgIpc) is 3.18. The zero-order chi connectivity index (χ0) is 17.8. The van der Waals surface area contributed by atoms with Crippen LogP contribution in [0.15, 0.2) is 24.4 Å². The molecule has 25 heavy (non-hydrogen) atoms. The van der Waals surface area contributed by atoms with Crippen LogP contribution in [0.1, 0.15) is 46.5 Å². The highest BCUT2D eigenvalue weighted by molar-refractivity contribution is 7.15. The number of pyridine rings is 1. The topological polar surface area (TPSA) is 85.6 Å². The maximum atomic E-state index is 12.3. The van der Waals surface area contributed by atoms with Crippen molar-refractivity contribution in [2.24, 2.45) is 0 Å². The largest absolute Gasteiger partial charge is 0.296 e. The van der Waals surface area contributed by atoms with Crippen LogP contribution in [0.25, 0.3) is 5.82 Å². The van der Waals surface area contributed by atoms with Crippen molar-refractivity contribution in [1.82, 2.24) is 25.0 Å². The summed E-state index contributed by atoms with van der Waals surface area (Å²) in [4.78, 5) is 16.7. The zero-order valence-corrected chi connectivity index (χ0v) is 15.3. The third-order valence-electron chi connectivity index (χ3n) is 3.67. The fraction of sp³-hybridized carbons (Fsp3) is 0.353. The lowest BCUT2D eigenvalue weighted by atomic mass is 10.2. The standard InChI is InChI=1S/C17H20N6OS/c1-4-5-6-15-20-21-17(25-15)19-16(24)13-7-8-14(18-10-13)23-12(3)9-11(2)22-23/h7-10H,4-6H2,1-3H3,(H,19,21,24). The van der Waals surface area contributed by atoms with Gasteiger partial charge in [-0.05, 0) is 38.5 Å². The zero-order valence-electron chi connectivity index (χ0n) is 14.5. The minimum Gasteiger partial charge on any atom is -0.296 e. The van der Waals surface area contributed by atoms with Gasteiger partial charge >= 0.3 is 0 Å². The number of aromatic nitrogens is 5. The molecule has 130 valence electrons. The number of anilines is 1. The van der Waals surface area contributed by atoms with E-state index in [0.717, 1.165) is 35.7 Å². The molecule has 0 saturated heterocycles. The van der Waals surface area contributed by atoms with Crippen LogP contribution in [0.5, 0.6) is 0 Å². The summed E-state index contributed by atoms with van der Waals surface area (Å²) in [5, 5.41) is 16.7. The molecule has 0 aliphatic heterocycles. The lowest BCUT2D eigenvalue weighted by Gasteiger charge is -2.05. The first-order chi connectivity index (χ1) is 12.1. The number of aryl methyl sites for hydroxylation is 3. The van der Waals surface area contributed by atoms with E-state index >= 15 is 0 Å². The smallest absolute Gasteiger partial charge is 0.259 e. The van der Waals surface area contributed by atoms with Gasteiger partial charge in [-0.25, -0.2) is 9.67 Å². The van der Waals surface area contributed by atoms with Gasteiger partial charge in [0.15, 0.2) is 5.82 Å². The Labute approximate surface area is 150 Å². The van der Waals surface area contributed by atoms with E-state index in [2.05, 4.69) is 32.5 Å². The van der Waals surface area contributed by atoms with Gasteiger partial charge in [0.25, 0.3) is 5.91 Å². The van der Waals surface area contributed by atoms with Crippen molar-refractivity contribution < 1.29 is 4.79 Å². The molecule has 1 amide bonds. The van der Waals surface area contributed by atoms with E-state index in [9.17, 15) is 4.79 Å². The molecule has 0 aliphatic carbocycles. The van der Waals surface area contributed by atoms with Gasteiger partial charge in [0.05, 0.1) is 11.3 Å². The molecule has 3 aromatic heterocycles. The number of carbonyl (C=O) groups is 1.